The van der Waals surface area contributed by atoms with Crippen LogP contribution in [0.4, 0.5) is 0 Å². The van der Waals surface area contributed by atoms with E-state index in [0.717, 1.165) is 42.1 Å². The first-order valence-corrected chi connectivity index (χ1v) is 12.1. The Balaban J connectivity index is 1.32. The first-order valence-electron chi connectivity index (χ1n) is 12.1. The predicted octanol–water partition coefficient (Wildman–Crippen LogP) is 3.36. The van der Waals surface area contributed by atoms with Gasteiger partial charge in [-0.1, -0.05) is 61.7 Å². The predicted molar refractivity (Wildman–Crippen MR) is 130 cm³/mol. The van der Waals surface area contributed by atoms with Crippen LogP contribution < -0.4 is 16.0 Å². The molecule has 2 heterocycles. The molecule has 0 spiro atoms. The fourth-order valence-electron chi connectivity index (χ4n) is 5.19. The molecule has 6 nitrogen and oxygen atoms in total. The number of benzene rings is 2. The molecule has 33 heavy (non-hydrogen) atoms. The van der Waals surface area contributed by atoms with E-state index in [4.69, 9.17) is 0 Å². The SMILES string of the molecule is O=C(N[C@H](Cc1c[nH]c2ccccc12)C(=O)NC1CCCCC1)[C@@H]1Cc2ccccc2CN1. The van der Waals surface area contributed by atoms with Crippen molar-refractivity contribution in [2.45, 2.75) is 69.6 Å². The minimum atomic E-state index is -0.613. The molecular formula is C27H32N4O2. The number of para-hydroxylation sites is 1. The van der Waals surface area contributed by atoms with E-state index in [-0.39, 0.29) is 23.9 Å². The van der Waals surface area contributed by atoms with E-state index in [1.807, 2.05) is 36.5 Å². The van der Waals surface area contributed by atoms with Gasteiger partial charge < -0.3 is 20.9 Å². The van der Waals surface area contributed by atoms with Crippen molar-refractivity contribution in [1.82, 2.24) is 20.9 Å². The Morgan fingerprint density at radius 2 is 1.73 bits per heavy atom. The third-order valence-electron chi connectivity index (χ3n) is 7.08. The number of hydrogen-bond acceptors (Lipinski definition) is 3. The average Bonchev–Trinajstić information content (AvgIpc) is 3.26. The Kier molecular flexibility index (Phi) is 6.44. The summed E-state index contributed by atoms with van der Waals surface area (Å²) in [6.45, 7) is 0.662. The van der Waals surface area contributed by atoms with E-state index in [1.54, 1.807) is 0 Å². The van der Waals surface area contributed by atoms with E-state index >= 15 is 0 Å². The van der Waals surface area contributed by atoms with Gasteiger partial charge in [0.15, 0.2) is 0 Å². The molecule has 0 saturated heterocycles. The summed E-state index contributed by atoms with van der Waals surface area (Å²) < 4.78 is 0. The van der Waals surface area contributed by atoms with E-state index < -0.39 is 6.04 Å². The summed E-state index contributed by atoms with van der Waals surface area (Å²) in [5.41, 5.74) is 4.50. The summed E-state index contributed by atoms with van der Waals surface area (Å²) in [5, 5.41) is 10.7. The van der Waals surface area contributed by atoms with Crippen molar-refractivity contribution in [3.05, 3.63) is 71.4 Å². The summed E-state index contributed by atoms with van der Waals surface area (Å²) in [6, 6.07) is 15.5. The highest BCUT2D eigenvalue weighted by molar-refractivity contribution is 5.91. The highest BCUT2D eigenvalue weighted by Crippen LogP contribution is 2.21. The largest absolute Gasteiger partial charge is 0.361 e. The number of aromatic nitrogens is 1. The summed E-state index contributed by atoms with van der Waals surface area (Å²) in [4.78, 5) is 29.9. The quantitative estimate of drug-likeness (QED) is 0.470. The minimum Gasteiger partial charge on any atom is -0.361 e. The highest BCUT2D eigenvalue weighted by Gasteiger charge is 2.30. The number of carbonyl (C=O) groups excluding carboxylic acids is 2. The molecule has 2 aliphatic rings. The standard InChI is InChI=1S/C27H32N4O2/c32-26(24-14-18-8-4-5-9-19(18)16-29-24)31-25(27(33)30-21-10-2-1-3-11-21)15-20-17-28-23-13-7-6-12-22(20)23/h4-9,12-13,17,21,24-25,28-29H,1-3,10-11,14-16H2,(H,30,33)(H,31,32)/t24-,25+/m0/s1. The zero-order valence-corrected chi connectivity index (χ0v) is 18.9. The lowest BCUT2D eigenvalue weighted by atomic mass is 9.94. The molecule has 5 rings (SSSR count). The van der Waals surface area contributed by atoms with Gasteiger partial charge in [-0.15, -0.1) is 0 Å². The summed E-state index contributed by atoms with van der Waals surface area (Å²) >= 11 is 0. The molecule has 172 valence electrons. The van der Waals surface area contributed by atoms with Crippen LogP contribution in [-0.2, 0) is 29.0 Å². The number of H-pyrrole nitrogens is 1. The van der Waals surface area contributed by atoms with E-state index in [9.17, 15) is 9.59 Å². The average molecular weight is 445 g/mol. The van der Waals surface area contributed by atoms with Crippen molar-refractivity contribution < 1.29 is 9.59 Å². The number of fused-ring (bicyclic) bond motifs is 2. The van der Waals surface area contributed by atoms with Crippen molar-refractivity contribution in [3.8, 4) is 0 Å². The van der Waals surface area contributed by atoms with Crippen LogP contribution in [0.15, 0.2) is 54.7 Å². The molecule has 0 radical (unpaired) electrons. The normalized spacial score (nSPS) is 19.6. The Morgan fingerprint density at radius 3 is 2.58 bits per heavy atom. The van der Waals surface area contributed by atoms with E-state index in [1.165, 1.54) is 17.5 Å². The van der Waals surface area contributed by atoms with Crippen molar-refractivity contribution in [2.24, 2.45) is 0 Å². The van der Waals surface area contributed by atoms with Crippen LogP contribution in [0.1, 0.15) is 48.8 Å². The molecular weight excluding hydrogens is 412 g/mol. The second-order valence-corrected chi connectivity index (χ2v) is 9.37. The van der Waals surface area contributed by atoms with Gasteiger partial charge in [-0.2, -0.15) is 0 Å². The maximum Gasteiger partial charge on any atom is 0.243 e. The van der Waals surface area contributed by atoms with Gasteiger partial charge in [0.25, 0.3) is 0 Å². The van der Waals surface area contributed by atoms with Crippen LogP contribution in [0.5, 0.6) is 0 Å². The summed E-state index contributed by atoms with van der Waals surface area (Å²) in [6.07, 6.45) is 8.60. The Hall–Kier alpha value is -3.12. The Bertz CT molecular complexity index is 1130. The van der Waals surface area contributed by atoms with Crippen LogP contribution in [0.3, 0.4) is 0 Å². The summed E-state index contributed by atoms with van der Waals surface area (Å²) in [7, 11) is 0. The number of amides is 2. The fraction of sp³-hybridized carbons (Fsp3) is 0.407. The monoisotopic (exact) mass is 444 g/mol. The lowest BCUT2D eigenvalue weighted by Crippen LogP contribution is -2.56. The van der Waals surface area contributed by atoms with Crippen LogP contribution in [0.25, 0.3) is 10.9 Å². The van der Waals surface area contributed by atoms with Gasteiger partial charge in [0.05, 0.1) is 6.04 Å². The minimum absolute atomic E-state index is 0.0864. The first kappa shape index (κ1) is 21.7. The molecule has 1 aromatic heterocycles. The van der Waals surface area contributed by atoms with E-state index in [0.29, 0.717) is 19.4 Å². The number of aromatic amines is 1. The van der Waals surface area contributed by atoms with Crippen molar-refractivity contribution in [1.29, 1.82) is 0 Å². The lowest BCUT2D eigenvalue weighted by molar-refractivity contribution is -0.130. The molecule has 1 fully saturated rings. The lowest BCUT2D eigenvalue weighted by Gasteiger charge is -2.29. The molecule has 6 heteroatoms. The van der Waals surface area contributed by atoms with Crippen LogP contribution >= 0.6 is 0 Å². The van der Waals surface area contributed by atoms with Gasteiger partial charge >= 0.3 is 0 Å². The third-order valence-corrected chi connectivity index (χ3v) is 7.08. The smallest absolute Gasteiger partial charge is 0.243 e. The highest BCUT2D eigenvalue weighted by atomic mass is 16.2. The molecule has 3 aromatic rings. The molecule has 1 aliphatic carbocycles. The van der Waals surface area contributed by atoms with Gasteiger partial charge in [0.2, 0.25) is 11.8 Å². The van der Waals surface area contributed by atoms with Gasteiger partial charge in [-0.3, -0.25) is 9.59 Å². The second-order valence-electron chi connectivity index (χ2n) is 9.37. The van der Waals surface area contributed by atoms with Gasteiger partial charge in [-0.05, 0) is 42.0 Å². The zero-order chi connectivity index (χ0) is 22.6. The van der Waals surface area contributed by atoms with Gasteiger partial charge in [0.1, 0.15) is 6.04 Å². The maximum absolute atomic E-state index is 13.3. The number of carbonyl (C=O) groups is 2. The second kappa shape index (κ2) is 9.79. The molecule has 2 amide bonds. The molecule has 1 aliphatic heterocycles. The summed E-state index contributed by atoms with van der Waals surface area (Å²) in [5.74, 6) is -0.204. The topological polar surface area (TPSA) is 86.0 Å². The molecule has 4 N–H and O–H groups in total. The molecule has 2 aromatic carbocycles. The van der Waals surface area contributed by atoms with Gasteiger partial charge in [-0.25, -0.2) is 0 Å². The van der Waals surface area contributed by atoms with Crippen LogP contribution in [-0.4, -0.2) is 34.9 Å². The van der Waals surface area contributed by atoms with Crippen molar-refractivity contribution >= 4 is 22.7 Å². The molecule has 0 bridgehead atoms. The number of rotatable bonds is 6. The molecule has 2 atom stereocenters. The van der Waals surface area contributed by atoms with Crippen molar-refractivity contribution in [2.75, 3.05) is 0 Å². The number of hydrogen-bond donors (Lipinski definition) is 4. The number of nitrogens with one attached hydrogen (secondary N) is 4. The maximum atomic E-state index is 13.3. The van der Waals surface area contributed by atoms with Crippen LogP contribution in [0, 0.1) is 0 Å². The molecule has 0 unspecified atom stereocenters. The van der Waals surface area contributed by atoms with E-state index in [2.05, 4.69) is 39.1 Å². The van der Waals surface area contributed by atoms with Crippen LogP contribution in [0.2, 0.25) is 0 Å². The molecule has 1 saturated carbocycles. The van der Waals surface area contributed by atoms with Crippen molar-refractivity contribution in [3.63, 3.8) is 0 Å². The Morgan fingerprint density at radius 1 is 0.970 bits per heavy atom. The third kappa shape index (κ3) is 4.96. The van der Waals surface area contributed by atoms with Gasteiger partial charge in [0, 0.05) is 36.1 Å². The first-order chi connectivity index (χ1) is 16.2. The Labute approximate surface area is 194 Å². The fourth-order valence-corrected chi connectivity index (χ4v) is 5.19. The zero-order valence-electron chi connectivity index (χ0n) is 18.9.